The number of carbonyl (C=O) groups excluding carboxylic acids is 2. The lowest BCUT2D eigenvalue weighted by atomic mass is 9.72. The van der Waals surface area contributed by atoms with E-state index in [4.69, 9.17) is 4.65 Å². The van der Waals surface area contributed by atoms with Crippen LogP contribution in [-0.4, -0.2) is 37.1 Å². The molecule has 2 N–H and O–H groups in total. The van der Waals surface area contributed by atoms with Crippen molar-refractivity contribution in [3.05, 3.63) is 29.3 Å². The van der Waals surface area contributed by atoms with E-state index in [1.807, 2.05) is 0 Å². The monoisotopic (exact) mass is 277 g/mol. The Morgan fingerprint density at radius 2 is 2.30 bits per heavy atom. The fourth-order valence-electron chi connectivity index (χ4n) is 2.13. The molecule has 0 spiro atoms. The molecule has 0 saturated carbocycles. The first kappa shape index (κ1) is 14.4. The number of hydrogen-bond donors (Lipinski definition) is 2. The molecule has 0 bridgehead atoms. The van der Waals surface area contributed by atoms with Crippen LogP contribution >= 0.6 is 0 Å². The number of rotatable bonds is 3. The van der Waals surface area contributed by atoms with Crippen LogP contribution in [0.2, 0.25) is 0 Å². The minimum Gasteiger partial charge on any atom is -0.534 e. The molecule has 2 rings (SSSR count). The lowest BCUT2D eigenvalue weighted by Crippen LogP contribution is -2.53. The summed E-state index contributed by atoms with van der Waals surface area (Å²) in [6, 6.07) is 5.08. The fourth-order valence-corrected chi connectivity index (χ4v) is 2.13. The third-order valence-corrected chi connectivity index (χ3v) is 3.19. The minimum atomic E-state index is -1.19. The first-order valence-electron chi connectivity index (χ1n) is 6.41. The van der Waals surface area contributed by atoms with Gasteiger partial charge in [-0.2, -0.15) is 0 Å². The molecule has 1 atom stereocenters. The first-order chi connectivity index (χ1) is 9.56. The standard InChI is InChI=1S/C13H16BNO5/c1-3-11(16)15-10-7-8-5-4-6-9(13(17)19-2)12(8)20-14(10)18/h4-6,10,18H,3,7H2,1-2H3,(H,15,16). The van der Waals surface area contributed by atoms with Crippen molar-refractivity contribution in [3.63, 3.8) is 0 Å². The van der Waals surface area contributed by atoms with Gasteiger partial charge in [-0.15, -0.1) is 0 Å². The minimum absolute atomic E-state index is 0.162. The maximum atomic E-state index is 11.6. The zero-order valence-corrected chi connectivity index (χ0v) is 11.4. The van der Waals surface area contributed by atoms with Crippen LogP contribution in [0.1, 0.15) is 29.3 Å². The molecule has 0 aromatic heterocycles. The summed E-state index contributed by atoms with van der Waals surface area (Å²) in [5, 5.41) is 12.6. The molecule has 0 fully saturated rings. The van der Waals surface area contributed by atoms with Gasteiger partial charge in [-0.3, -0.25) is 4.79 Å². The molecule has 6 nitrogen and oxygen atoms in total. The van der Waals surface area contributed by atoms with E-state index in [1.165, 1.54) is 7.11 Å². The van der Waals surface area contributed by atoms with Crippen molar-refractivity contribution in [1.82, 2.24) is 5.32 Å². The zero-order valence-electron chi connectivity index (χ0n) is 11.4. The van der Waals surface area contributed by atoms with Crippen LogP contribution in [0, 0.1) is 0 Å². The van der Waals surface area contributed by atoms with Gasteiger partial charge in [0.25, 0.3) is 0 Å². The van der Waals surface area contributed by atoms with Crippen molar-refractivity contribution >= 4 is 19.0 Å². The average Bonchev–Trinajstić information content (AvgIpc) is 2.46. The number of ether oxygens (including phenoxy) is 1. The largest absolute Gasteiger partial charge is 0.547 e. The first-order valence-corrected chi connectivity index (χ1v) is 6.41. The SMILES string of the molecule is CCC(=O)NC1Cc2cccc(C(=O)OC)c2OB1O. The molecule has 0 radical (unpaired) electrons. The van der Waals surface area contributed by atoms with Crippen LogP contribution in [-0.2, 0) is 16.0 Å². The van der Waals surface area contributed by atoms with Crippen molar-refractivity contribution in [1.29, 1.82) is 0 Å². The molecule has 1 heterocycles. The molecule has 1 unspecified atom stereocenters. The van der Waals surface area contributed by atoms with E-state index in [1.54, 1.807) is 25.1 Å². The quantitative estimate of drug-likeness (QED) is 0.614. The number of amides is 1. The van der Waals surface area contributed by atoms with Crippen molar-refractivity contribution in [2.75, 3.05) is 7.11 Å². The number of para-hydroxylation sites is 1. The van der Waals surface area contributed by atoms with Gasteiger partial charge in [0.05, 0.1) is 13.1 Å². The van der Waals surface area contributed by atoms with Crippen LogP contribution in [0.4, 0.5) is 0 Å². The Balaban J connectivity index is 2.27. The van der Waals surface area contributed by atoms with Crippen LogP contribution in [0.25, 0.3) is 0 Å². The van der Waals surface area contributed by atoms with Gasteiger partial charge in [0.1, 0.15) is 11.3 Å². The fraction of sp³-hybridized carbons (Fsp3) is 0.385. The molecule has 0 aliphatic carbocycles. The van der Waals surface area contributed by atoms with Crippen molar-refractivity contribution < 1.29 is 24.0 Å². The average molecular weight is 277 g/mol. The van der Waals surface area contributed by atoms with Gasteiger partial charge >= 0.3 is 13.1 Å². The highest BCUT2D eigenvalue weighted by atomic mass is 16.5. The predicted octanol–water partition coefficient (Wildman–Crippen LogP) is 0.323. The molecule has 1 aliphatic rings. The van der Waals surface area contributed by atoms with Gasteiger partial charge in [-0.25, -0.2) is 4.79 Å². The molecule has 0 saturated heterocycles. The Bertz CT molecular complexity index is 533. The molecule has 20 heavy (non-hydrogen) atoms. The van der Waals surface area contributed by atoms with Crippen molar-refractivity contribution in [2.24, 2.45) is 0 Å². The summed E-state index contributed by atoms with van der Waals surface area (Å²) < 4.78 is 10.1. The van der Waals surface area contributed by atoms with E-state index in [0.29, 0.717) is 18.6 Å². The Hall–Kier alpha value is -2.02. The summed E-state index contributed by atoms with van der Waals surface area (Å²) in [5.41, 5.74) is 1.02. The Morgan fingerprint density at radius 1 is 1.55 bits per heavy atom. The summed E-state index contributed by atoms with van der Waals surface area (Å²) in [5.74, 6) is -0.896. The number of methoxy groups -OCH3 is 1. The van der Waals surface area contributed by atoms with E-state index in [9.17, 15) is 14.6 Å². The van der Waals surface area contributed by atoms with E-state index in [-0.39, 0.29) is 11.5 Å². The third kappa shape index (κ3) is 2.77. The lowest BCUT2D eigenvalue weighted by molar-refractivity contribution is -0.121. The van der Waals surface area contributed by atoms with Crippen molar-refractivity contribution in [3.8, 4) is 5.75 Å². The summed E-state index contributed by atoms with van der Waals surface area (Å²) in [4.78, 5) is 23.1. The normalized spacial score (nSPS) is 16.9. The number of benzene rings is 1. The highest BCUT2D eigenvalue weighted by Crippen LogP contribution is 2.30. The smallest absolute Gasteiger partial charge is 0.534 e. The number of nitrogens with one attached hydrogen (secondary N) is 1. The van der Waals surface area contributed by atoms with Crippen molar-refractivity contribution in [2.45, 2.75) is 25.7 Å². The van der Waals surface area contributed by atoms with E-state index in [0.717, 1.165) is 5.56 Å². The molecular weight excluding hydrogens is 261 g/mol. The Kier molecular flexibility index (Phi) is 4.29. The highest BCUT2D eigenvalue weighted by Gasteiger charge is 2.37. The van der Waals surface area contributed by atoms with Crippen LogP contribution in [0.15, 0.2) is 18.2 Å². The van der Waals surface area contributed by atoms with E-state index >= 15 is 0 Å². The van der Waals surface area contributed by atoms with E-state index < -0.39 is 19.0 Å². The lowest BCUT2D eigenvalue weighted by Gasteiger charge is -2.28. The molecule has 1 amide bonds. The number of carbonyl (C=O) groups is 2. The second kappa shape index (κ2) is 5.96. The van der Waals surface area contributed by atoms with Gasteiger partial charge in [-0.05, 0) is 18.1 Å². The van der Waals surface area contributed by atoms with Crippen LogP contribution < -0.4 is 9.97 Å². The summed E-state index contributed by atoms with van der Waals surface area (Å²) in [6.45, 7) is 1.73. The van der Waals surface area contributed by atoms with Gasteiger partial charge < -0.3 is 19.7 Å². The second-order valence-electron chi connectivity index (χ2n) is 4.53. The summed E-state index contributed by atoms with van der Waals surface area (Å²) >= 11 is 0. The predicted molar refractivity (Wildman–Crippen MR) is 72.3 cm³/mol. The summed E-state index contributed by atoms with van der Waals surface area (Å²) in [7, 11) is 0.0921. The number of esters is 1. The molecule has 1 aromatic carbocycles. The molecular formula is C13H16BNO5. The summed E-state index contributed by atoms with van der Waals surface area (Å²) in [6.07, 6.45) is 0.728. The van der Waals surface area contributed by atoms with Crippen LogP contribution in [0.3, 0.4) is 0 Å². The molecule has 7 heteroatoms. The third-order valence-electron chi connectivity index (χ3n) is 3.19. The van der Waals surface area contributed by atoms with Gasteiger partial charge in [0, 0.05) is 6.42 Å². The maximum absolute atomic E-state index is 11.6. The topological polar surface area (TPSA) is 84.9 Å². The number of fused-ring (bicyclic) bond motifs is 1. The maximum Gasteiger partial charge on any atom is 0.547 e. The number of hydrogen-bond acceptors (Lipinski definition) is 5. The van der Waals surface area contributed by atoms with E-state index in [2.05, 4.69) is 10.1 Å². The molecule has 106 valence electrons. The molecule has 1 aromatic rings. The second-order valence-corrected chi connectivity index (χ2v) is 4.53. The Labute approximate surface area is 117 Å². The van der Waals surface area contributed by atoms with Crippen LogP contribution in [0.5, 0.6) is 5.75 Å². The highest BCUT2D eigenvalue weighted by molar-refractivity contribution is 6.47. The van der Waals surface area contributed by atoms with Gasteiger partial charge in [0.2, 0.25) is 5.91 Å². The molecule has 1 aliphatic heterocycles. The van der Waals surface area contributed by atoms with Gasteiger partial charge in [0.15, 0.2) is 0 Å². The Morgan fingerprint density at radius 3 is 2.95 bits per heavy atom. The zero-order chi connectivity index (χ0) is 14.7. The van der Waals surface area contributed by atoms with Gasteiger partial charge in [-0.1, -0.05) is 19.1 Å².